The topological polar surface area (TPSA) is 52.6 Å². The predicted octanol–water partition coefficient (Wildman–Crippen LogP) is 7.75. The predicted molar refractivity (Wildman–Crippen MR) is 125 cm³/mol. The SMILES string of the molecule is CCCCCCCCCCCOC(=O)c1ccccc1C(=O)OCc1ccc(C(F)(F)F)cc1. The number of alkyl halides is 3. The largest absolute Gasteiger partial charge is 0.462 e. The zero-order chi connectivity index (χ0) is 24.8. The average molecular weight is 479 g/mol. The molecule has 0 atom stereocenters. The van der Waals surface area contributed by atoms with Crippen molar-refractivity contribution in [1.82, 2.24) is 0 Å². The number of benzene rings is 2. The molecular formula is C27H33F3O4. The third-order valence-corrected chi connectivity index (χ3v) is 5.50. The number of rotatable bonds is 14. The summed E-state index contributed by atoms with van der Waals surface area (Å²) in [4.78, 5) is 25.0. The fourth-order valence-electron chi connectivity index (χ4n) is 3.51. The zero-order valence-corrected chi connectivity index (χ0v) is 19.7. The Morgan fingerprint density at radius 3 is 1.74 bits per heavy atom. The van der Waals surface area contributed by atoms with Gasteiger partial charge in [-0.2, -0.15) is 13.2 Å². The molecule has 7 heteroatoms. The molecule has 4 nitrogen and oxygen atoms in total. The molecule has 0 N–H and O–H groups in total. The summed E-state index contributed by atoms with van der Waals surface area (Å²) in [7, 11) is 0. The summed E-state index contributed by atoms with van der Waals surface area (Å²) >= 11 is 0. The van der Waals surface area contributed by atoms with E-state index in [1.165, 1.54) is 62.8 Å². The number of ether oxygens (including phenoxy) is 2. The molecule has 0 radical (unpaired) electrons. The summed E-state index contributed by atoms with van der Waals surface area (Å²) < 4.78 is 48.5. The van der Waals surface area contributed by atoms with Gasteiger partial charge in [-0.05, 0) is 36.2 Å². The Kier molecular flexibility index (Phi) is 11.6. The first-order valence-corrected chi connectivity index (χ1v) is 11.9. The van der Waals surface area contributed by atoms with E-state index in [0.29, 0.717) is 5.56 Å². The van der Waals surface area contributed by atoms with Crippen LogP contribution in [0, 0.1) is 0 Å². The van der Waals surface area contributed by atoms with Crippen molar-refractivity contribution in [3.8, 4) is 0 Å². The lowest BCUT2D eigenvalue weighted by molar-refractivity contribution is -0.137. The fraction of sp³-hybridized carbons (Fsp3) is 0.481. The number of esters is 2. The molecule has 0 saturated heterocycles. The first kappa shape index (κ1) is 27.4. The van der Waals surface area contributed by atoms with Crippen LogP contribution in [-0.4, -0.2) is 18.5 Å². The highest BCUT2D eigenvalue weighted by atomic mass is 19.4. The summed E-state index contributed by atoms with van der Waals surface area (Å²) in [5.74, 6) is -1.34. The van der Waals surface area contributed by atoms with Gasteiger partial charge in [0.1, 0.15) is 6.61 Å². The van der Waals surface area contributed by atoms with Crippen LogP contribution in [-0.2, 0) is 22.3 Å². The number of carbonyl (C=O) groups is 2. The van der Waals surface area contributed by atoms with Crippen LogP contribution in [0.1, 0.15) is 96.6 Å². The van der Waals surface area contributed by atoms with E-state index in [2.05, 4.69) is 6.92 Å². The molecule has 0 aliphatic carbocycles. The van der Waals surface area contributed by atoms with E-state index in [1.54, 1.807) is 12.1 Å². The van der Waals surface area contributed by atoms with E-state index >= 15 is 0 Å². The van der Waals surface area contributed by atoms with E-state index in [1.807, 2.05) is 0 Å². The maximum absolute atomic E-state index is 12.7. The van der Waals surface area contributed by atoms with Crippen LogP contribution in [0.5, 0.6) is 0 Å². The Labute approximate surface area is 199 Å². The minimum atomic E-state index is -4.43. The zero-order valence-electron chi connectivity index (χ0n) is 19.7. The quantitative estimate of drug-likeness (QED) is 0.206. The average Bonchev–Trinajstić information content (AvgIpc) is 2.83. The van der Waals surface area contributed by atoms with Gasteiger partial charge in [0.15, 0.2) is 0 Å². The molecule has 0 heterocycles. The molecule has 0 aliphatic heterocycles. The number of unbranched alkanes of at least 4 members (excludes halogenated alkanes) is 8. The van der Waals surface area contributed by atoms with E-state index in [-0.39, 0.29) is 24.3 Å². The van der Waals surface area contributed by atoms with Gasteiger partial charge in [0, 0.05) is 0 Å². The van der Waals surface area contributed by atoms with Crippen molar-refractivity contribution in [1.29, 1.82) is 0 Å². The Morgan fingerprint density at radius 1 is 0.706 bits per heavy atom. The minimum Gasteiger partial charge on any atom is -0.462 e. The third kappa shape index (κ3) is 9.57. The second-order valence-electron chi connectivity index (χ2n) is 8.28. The molecule has 2 aromatic carbocycles. The van der Waals surface area contributed by atoms with Crippen LogP contribution in [0.4, 0.5) is 13.2 Å². The molecule has 186 valence electrons. The van der Waals surface area contributed by atoms with Crippen LogP contribution in [0.2, 0.25) is 0 Å². The van der Waals surface area contributed by atoms with Crippen molar-refractivity contribution in [2.24, 2.45) is 0 Å². The first-order valence-electron chi connectivity index (χ1n) is 11.9. The van der Waals surface area contributed by atoms with Gasteiger partial charge in [-0.15, -0.1) is 0 Å². The standard InChI is InChI=1S/C27H33F3O4/c1-2-3-4-5-6-7-8-9-12-19-33-25(31)23-13-10-11-14-24(23)26(32)34-20-21-15-17-22(18-16-21)27(28,29)30/h10-11,13-18H,2-9,12,19-20H2,1H3. The molecule has 0 aromatic heterocycles. The van der Waals surface area contributed by atoms with Crippen LogP contribution in [0.25, 0.3) is 0 Å². The molecule has 2 rings (SSSR count). The maximum atomic E-state index is 12.7. The Balaban J connectivity index is 1.77. The van der Waals surface area contributed by atoms with Crippen molar-refractivity contribution in [2.75, 3.05) is 6.61 Å². The van der Waals surface area contributed by atoms with Gasteiger partial charge in [-0.1, -0.05) is 82.6 Å². The van der Waals surface area contributed by atoms with Gasteiger partial charge in [0.25, 0.3) is 0 Å². The van der Waals surface area contributed by atoms with Gasteiger partial charge < -0.3 is 9.47 Å². The summed E-state index contributed by atoms with van der Waals surface area (Å²) in [6, 6.07) is 10.6. The second-order valence-corrected chi connectivity index (χ2v) is 8.28. The first-order chi connectivity index (χ1) is 16.3. The molecule has 0 spiro atoms. The van der Waals surface area contributed by atoms with Crippen LogP contribution in [0.15, 0.2) is 48.5 Å². The minimum absolute atomic E-state index is 0.0616. The van der Waals surface area contributed by atoms with Crippen molar-refractivity contribution in [3.63, 3.8) is 0 Å². The lowest BCUT2D eigenvalue weighted by Crippen LogP contribution is -2.14. The molecular weight excluding hydrogens is 445 g/mol. The summed E-state index contributed by atoms with van der Waals surface area (Å²) in [6.45, 7) is 2.27. The van der Waals surface area contributed by atoms with Gasteiger partial charge >= 0.3 is 18.1 Å². The number of carbonyl (C=O) groups excluding carboxylic acids is 2. The highest BCUT2D eigenvalue weighted by molar-refractivity contribution is 6.03. The van der Waals surface area contributed by atoms with Crippen molar-refractivity contribution in [2.45, 2.75) is 77.5 Å². The van der Waals surface area contributed by atoms with Crippen molar-refractivity contribution < 1.29 is 32.2 Å². The monoisotopic (exact) mass is 478 g/mol. The molecule has 0 aliphatic rings. The molecule has 0 amide bonds. The van der Waals surface area contributed by atoms with Crippen LogP contribution >= 0.6 is 0 Å². The number of hydrogen-bond acceptors (Lipinski definition) is 4. The van der Waals surface area contributed by atoms with Crippen LogP contribution < -0.4 is 0 Å². The maximum Gasteiger partial charge on any atom is 0.416 e. The highest BCUT2D eigenvalue weighted by Gasteiger charge is 2.30. The van der Waals surface area contributed by atoms with Gasteiger partial charge in [0.2, 0.25) is 0 Å². The summed E-state index contributed by atoms with van der Waals surface area (Å²) in [5, 5.41) is 0. The van der Waals surface area contributed by atoms with E-state index in [9.17, 15) is 22.8 Å². The van der Waals surface area contributed by atoms with Crippen molar-refractivity contribution in [3.05, 3.63) is 70.8 Å². The summed E-state index contributed by atoms with van der Waals surface area (Å²) in [6.07, 6.45) is 5.95. The molecule has 2 aromatic rings. The molecule has 0 fully saturated rings. The van der Waals surface area contributed by atoms with Crippen LogP contribution in [0.3, 0.4) is 0 Å². The number of hydrogen-bond donors (Lipinski definition) is 0. The molecule has 0 bridgehead atoms. The molecule has 0 saturated carbocycles. The van der Waals surface area contributed by atoms with E-state index in [4.69, 9.17) is 9.47 Å². The fourth-order valence-corrected chi connectivity index (χ4v) is 3.51. The highest BCUT2D eigenvalue weighted by Crippen LogP contribution is 2.29. The lowest BCUT2D eigenvalue weighted by Gasteiger charge is -2.11. The van der Waals surface area contributed by atoms with Gasteiger partial charge in [-0.3, -0.25) is 0 Å². The Hall–Kier alpha value is -2.83. The van der Waals surface area contributed by atoms with Crippen molar-refractivity contribution >= 4 is 11.9 Å². The second kappa shape index (κ2) is 14.4. The number of halogens is 3. The lowest BCUT2D eigenvalue weighted by atomic mass is 10.1. The Bertz CT molecular complexity index is 891. The van der Waals surface area contributed by atoms with Gasteiger partial charge in [-0.25, -0.2) is 9.59 Å². The van der Waals surface area contributed by atoms with Gasteiger partial charge in [0.05, 0.1) is 23.3 Å². The third-order valence-electron chi connectivity index (χ3n) is 5.50. The molecule has 0 unspecified atom stereocenters. The smallest absolute Gasteiger partial charge is 0.416 e. The summed E-state index contributed by atoms with van der Waals surface area (Å²) in [5.41, 5.74) is -0.197. The normalized spacial score (nSPS) is 11.3. The molecule has 34 heavy (non-hydrogen) atoms. The Morgan fingerprint density at radius 2 is 1.21 bits per heavy atom. The van der Waals surface area contributed by atoms with E-state index < -0.39 is 23.7 Å². The van der Waals surface area contributed by atoms with E-state index in [0.717, 1.165) is 31.4 Å².